The summed E-state index contributed by atoms with van der Waals surface area (Å²) in [6, 6.07) is 0. The summed E-state index contributed by atoms with van der Waals surface area (Å²) in [6.07, 6.45) is 0. The van der Waals surface area contributed by atoms with Gasteiger partial charge in [-0.3, -0.25) is 0 Å². The minimum atomic E-state index is 1.23. The number of rotatable bonds is 0. The van der Waals surface area contributed by atoms with Crippen LogP contribution in [0.3, 0.4) is 0 Å². The second kappa shape index (κ2) is 8.56. The largest absolute Gasteiger partial charge is 0.355 e. The van der Waals surface area contributed by atoms with Crippen LogP contribution in [-0.4, -0.2) is 19.1 Å². The summed E-state index contributed by atoms with van der Waals surface area (Å²) in [6.45, 7) is 27.2. The molecule has 0 amide bonds. The molecule has 5 heterocycles. The molecule has 200 valence electrons. The first-order valence-electron chi connectivity index (χ1n) is 13.8. The zero-order valence-corrected chi connectivity index (χ0v) is 25.9. The topological polar surface area (TPSA) is 41.4 Å². The fourth-order valence-electron chi connectivity index (χ4n) is 7.42. The molecule has 0 radical (unpaired) electrons. The van der Waals surface area contributed by atoms with Gasteiger partial charge >= 0.3 is 0 Å². The van der Waals surface area contributed by atoms with Crippen LogP contribution in [0.25, 0.3) is 22.3 Å². The third kappa shape index (κ3) is 3.22. The lowest BCUT2D eigenvalue weighted by molar-refractivity contribution is 0.840. The first-order valence-corrected chi connectivity index (χ1v) is 13.8. The molecule has 1 aliphatic heterocycles. The standard InChI is InChI=1S/C34H44N4/c1-15-16(2)28-24(10)32-21(7)22(8)34(38(32)14)26(12)30-18(4)17(3)29(36-30)25(11)33-20(6)19(5)31(37(33)13)23(9)27(15)35-28/h35-36H,1-14H3. The molecule has 1 aliphatic rings. The summed E-state index contributed by atoms with van der Waals surface area (Å²) in [5.74, 6) is 0. The molecular formula is C34H44N4. The normalized spacial score (nSPS) is 13.8. The van der Waals surface area contributed by atoms with Gasteiger partial charge in [-0.1, -0.05) is 0 Å². The van der Waals surface area contributed by atoms with Gasteiger partial charge in [-0.05, 0) is 150 Å². The van der Waals surface area contributed by atoms with Gasteiger partial charge in [0, 0.05) is 58.3 Å². The van der Waals surface area contributed by atoms with Gasteiger partial charge in [0.25, 0.3) is 0 Å². The molecular weight excluding hydrogens is 464 g/mol. The summed E-state index contributed by atoms with van der Waals surface area (Å²) in [4.78, 5) is 7.80. The van der Waals surface area contributed by atoms with E-state index in [-0.39, 0.29) is 0 Å². The van der Waals surface area contributed by atoms with Crippen LogP contribution in [0.15, 0.2) is 0 Å². The van der Waals surface area contributed by atoms with Gasteiger partial charge in [-0.25, -0.2) is 0 Å². The molecule has 38 heavy (non-hydrogen) atoms. The van der Waals surface area contributed by atoms with Gasteiger partial charge < -0.3 is 19.1 Å². The van der Waals surface area contributed by atoms with E-state index >= 15 is 0 Å². The van der Waals surface area contributed by atoms with E-state index in [1.807, 2.05) is 0 Å². The van der Waals surface area contributed by atoms with Crippen molar-refractivity contribution in [3.63, 3.8) is 0 Å². The predicted octanol–water partition coefficient (Wildman–Crippen LogP) is 4.68. The third-order valence-corrected chi connectivity index (χ3v) is 9.93. The van der Waals surface area contributed by atoms with E-state index < -0.39 is 0 Å². The molecule has 4 aromatic rings. The number of hydrogen-bond donors (Lipinski definition) is 2. The summed E-state index contributed by atoms with van der Waals surface area (Å²) in [5.41, 5.74) is 20.8. The maximum Gasteiger partial charge on any atom is 0.0492 e. The van der Waals surface area contributed by atoms with Crippen molar-refractivity contribution in [2.75, 3.05) is 0 Å². The number of aromatic amines is 2. The smallest absolute Gasteiger partial charge is 0.0492 e. The second-order valence-corrected chi connectivity index (χ2v) is 11.8. The molecule has 0 atom stereocenters. The van der Waals surface area contributed by atoms with Gasteiger partial charge in [0.2, 0.25) is 0 Å². The van der Waals surface area contributed by atoms with Crippen molar-refractivity contribution in [2.45, 2.75) is 83.1 Å². The van der Waals surface area contributed by atoms with Crippen LogP contribution in [0.4, 0.5) is 0 Å². The second-order valence-electron chi connectivity index (χ2n) is 11.8. The molecule has 0 unspecified atom stereocenters. The third-order valence-electron chi connectivity index (χ3n) is 9.93. The van der Waals surface area contributed by atoms with Gasteiger partial charge in [-0.2, -0.15) is 0 Å². The van der Waals surface area contributed by atoms with E-state index in [9.17, 15) is 0 Å². The Hall–Kier alpha value is -3.40. The van der Waals surface area contributed by atoms with Crippen molar-refractivity contribution < 1.29 is 0 Å². The zero-order chi connectivity index (χ0) is 28.1. The number of aromatic nitrogens is 4. The number of nitrogens with one attached hydrogen (secondary N) is 2. The Bertz CT molecular complexity index is 1660. The molecule has 4 heteroatoms. The summed E-state index contributed by atoms with van der Waals surface area (Å²) < 4.78 is 4.82. The van der Waals surface area contributed by atoms with E-state index in [4.69, 9.17) is 0 Å². The van der Waals surface area contributed by atoms with Crippen LogP contribution in [0, 0.1) is 55.4 Å². The van der Waals surface area contributed by atoms with Crippen LogP contribution in [0.5, 0.6) is 0 Å². The fourth-order valence-corrected chi connectivity index (χ4v) is 7.42. The van der Waals surface area contributed by atoms with Crippen molar-refractivity contribution in [1.82, 2.24) is 19.1 Å². The summed E-state index contributed by atoms with van der Waals surface area (Å²) in [5, 5.41) is 5.20. The highest BCUT2D eigenvalue weighted by Crippen LogP contribution is 2.28. The Balaban J connectivity index is 2.15. The molecule has 0 saturated heterocycles. The molecule has 0 spiro atoms. The molecule has 8 bridgehead atoms. The zero-order valence-electron chi connectivity index (χ0n) is 25.9. The Kier molecular flexibility index (Phi) is 5.90. The van der Waals surface area contributed by atoms with E-state index in [1.54, 1.807) is 0 Å². The van der Waals surface area contributed by atoms with Gasteiger partial charge in [0.05, 0.1) is 0 Å². The van der Waals surface area contributed by atoms with Crippen LogP contribution in [0.2, 0.25) is 0 Å². The van der Waals surface area contributed by atoms with E-state index in [2.05, 4.69) is 116 Å². The molecule has 0 aromatic carbocycles. The molecule has 5 rings (SSSR count). The molecule has 4 aromatic heterocycles. The first kappa shape index (κ1) is 26.2. The Morgan fingerprint density at radius 2 is 0.500 bits per heavy atom. The quantitative estimate of drug-likeness (QED) is 0.347. The molecule has 0 fully saturated rings. The van der Waals surface area contributed by atoms with E-state index in [1.165, 1.54) is 111 Å². The van der Waals surface area contributed by atoms with E-state index in [0.29, 0.717) is 0 Å². The lowest BCUT2D eigenvalue weighted by atomic mass is 10.0. The van der Waals surface area contributed by atoms with Crippen molar-refractivity contribution in [1.29, 1.82) is 0 Å². The van der Waals surface area contributed by atoms with Crippen LogP contribution < -0.4 is 21.4 Å². The average Bonchev–Trinajstić information content (AvgIpc) is 3.48. The summed E-state index contributed by atoms with van der Waals surface area (Å²) in [7, 11) is 4.45. The van der Waals surface area contributed by atoms with Crippen LogP contribution >= 0.6 is 0 Å². The molecule has 0 saturated carbocycles. The number of H-pyrrole nitrogens is 2. The maximum absolute atomic E-state index is 3.90. The molecule has 2 N–H and O–H groups in total. The highest BCUT2D eigenvalue weighted by molar-refractivity contribution is 5.76. The Morgan fingerprint density at radius 1 is 0.316 bits per heavy atom. The number of fused-ring (bicyclic) bond motifs is 8. The molecule has 4 nitrogen and oxygen atoms in total. The highest BCUT2D eigenvalue weighted by Gasteiger charge is 2.22. The lowest BCUT2D eigenvalue weighted by Gasteiger charge is -2.07. The van der Waals surface area contributed by atoms with Crippen molar-refractivity contribution in [2.24, 2.45) is 14.1 Å². The minimum absolute atomic E-state index is 1.23. The molecule has 0 aliphatic carbocycles. The van der Waals surface area contributed by atoms with E-state index in [0.717, 1.165) is 0 Å². The number of hydrogen-bond acceptors (Lipinski definition) is 0. The van der Waals surface area contributed by atoms with Crippen LogP contribution in [0.1, 0.15) is 95.0 Å². The van der Waals surface area contributed by atoms with Crippen LogP contribution in [-0.2, 0) is 14.1 Å². The summed E-state index contributed by atoms with van der Waals surface area (Å²) >= 11 is 0. The van der Waals surface area contributed by atoms with Gasteiger partial charge in [0.15, 0.2) is 0 Å². The SMILES string of the molecule is CC1=c2c(C)c(C)c(n2C)=C(C)c2[nH]c(c(C)c2C)C(C)=c2c(C)c(C)c(n2C)=C(C)c2[nH]c1c(C)c2C. The highest BCUT2D eigenvalue weighted by atomic mass is 15.0. The Morgan fingerprint density at radius 3 is 0.684 bits per heavy atom. The number of nitrogens with zero attached hydrogens (tertiary/aromatic N) is 2. The lowest BCUT2D eigenvalue weighted by Crippen LogP contribution is -2.28. The average molecular weight is 509 g/mol. The van der Waals surface area contributed by atoms with Crippen molar-refractivity contribution in [3.8, 4) is 0 Å². The maximum atomic E-state index is 3.90. The van der Waals surface area contributed by atoms with Gasteiger partial charge in [-0.15, -0.1) is 0 Å². The van der Waals surface area contributed by atoms with Crippen molar-refractivity contribution in [3.05, 3.63) is 88.7 Å². The predicted molar refractivity (Wildman–Crippen MR) is 162 cm³/mol. The van der Waals surface area contributed by atoms with Crippen molar-refractivity contribution >= 4 is 22.3 Å². The monoisotopic (exact) mass is 508 g/mol. The first-order chi connectivity index (χ1) is 17.7. The van der Waals surface area contributed by atoms with Gasteiger partial charge in [0.1, 0.15) is 0 Å². The minimum Gasteiger partial charge on any atom is -0.355 e. The Labute approximate surface area is 227 Å². The fraction of sp³-hybridized carbons (Fsp3) is 0.412.